The van der Waals surface area contributed by atoms with E-state index in [1.807, 2.05) is 0 Å². The largest absolute Gasteiger partial charge is 0.327 e. The molecule has 5 heteroatoms. The van der Waals surface area contributed by atoms with Crippen LogP contribution in [0.25, 0.3) is 0 Å². The van der Waals surface area contributed by atoms with Crippen molar-refractivity contribution >= 4 is 9.84 Å². The van der Waals surface area contributed by atoms with E-state index in [0.717, 1.165) is 19.4 Å². The predicted octanol–water partition coefficient (Wildman–Crippen LogP) is -0.156. The van der Waals surface area contributed by atoms with Crippen LogP contribution in [-0.2, 0) is 9.84 Å². The van der Waals surface area contributed by atoms with E-state index in [0.29, 0.717) is 24.6 Å². The van der Waals surface area contributed by atoms with Gasteiger partial charge in [0.05, 0.1) is 11.5 Å². The summed E-state index contributed by atoms with van der Waals surface area (Å²) in [7, 11) is -2.75. The molecule has 1 rings (SSSR count). The van der Waals surface area contributed by atoms with Crippen molar-refractivity contribution in [3.05, 3.63) is 0 Å². The zero-order valence-corrected chi connectivity index (χ0v) is 9.59. The van der Waals surface area contributed by atoms with Gasteiger partial charge in [-0.25, -0.2) is 8.42 Å². The molecule has 84 valence electrons. The molecule has 1 unspecified atom stereocenters. The van der Waals surface area contributed by atoms with E-state index in [4.69, 9.17) is 5.73 Å². The number of hydrogen-bond acceptors (Lipinski definition) is 4. The summed E-state index contributed by atoms with van der Waals surface area (Å²) in [6, 6.07) is 0.195. The van der Waals surface area contributed by atoms with Crippen LogP contribution in [0.5, 0.6) is 0 Å². The maximum absolute atomic E-state index is 11.1. The summed E-state index contributed by atoms with van der Waals surface area (Å²) in [5.74, 6) is 0.595. The molecule has 0 aromatic rings. The fourth-order valence-electron chi connectivity index (χ4n) is 1.73. The van der Waals surface area contributed by atoms with Gasteiger partial charge in [0.15, 0.2) is 9.84 Å². The van der Waals surface area contributed by atoms with E-state index in [2.05, 4.69) is 11.8 Å². The molecule has 0 spiro atoms. The van der Waals surface area contributed by atoms with Gasteiger partial charge in [0.25, 0.3) is 0 Å². The Morgan fingerprint density at radius 1 is 1.36 bits per heavy atom. The second-order valence-electron chi connectivity index (χ2n) is 4.00. The van der Waals surface area contributed by atoms with E-state index in [1.54, 1.807) is 0 Å². The van der Waals surface area contributed by atoms with Gasteiger partial charge in [0.1, 0.15) is 0 Å². The number of sulfone groups is 1. The van der Waals surface area contributed by atoms with Crippen LogP contribution in [0.3, 0.4) is 0 Å². The van der Waals surface area contributed by atoms with Gasteiger partial charge in [-0.15, -0.1) is 0 Å². The maximum atomic E-state index is 11.1. The monoisotopic (exact) mass is 220 g/mol. The average Bonchev–Trinajstić information content (AvgIpc) is 2.09. The molecule has 1 atom stereocenters. The van der Waals surface area contributed by atoms with E-state index in [1.165, 1.54) is 0 Å². The third-order valence-electron chi connectivity index (χ3n) is 2.59. The minimum Gasteiger partial charge on any atom is -0.327 e. The van der Waals surface area contributed by atoms with Gasteiger partial charge in [0, 0.05) is 25.7 Å². The number of nitrogens with two attached hydrogens (primary N) is 1. The first kappa shape index (κ1) is 11.9. The molecule has 0 saturated carbocycles. The molecular formula is C9H20N2O2S. The lowest BCUT2D eigenvalue weighted by Crippen LogP contribution is -2.45. The maximum Gasteiger partial charge on any atom is 0.152 e. The van der Waals surface area contributed by atoms with E-state index < -0.39 is 9.84 Å². The Morgan fingerprint density at radius 2 is 1.93 bits per heavy atom. The molecule has 2 N–H and O–H groups in total. The van der Waals surface area contributed by atoms with Crippen LogP contribution in [0.15, 0.2) is 0 Å². The molecule has 14 heavy (non-hydrogen) atoms. The fraction of sp³-hybridized carbons (Fsp3) is 1.00. The normalized spacial score (nSPS) is 24.7. The Kier molecular flexibility index (Phi) is 4.34. The minimum absolute atomic E-state index is 0.195. The van der Waals surface area contributed by atoms with Gasteiger partial charge in [-0.3, -0.25) is 4.90 Å². The summed E-state index contributed by atoms with van der Waals surface area (Å²) in [6.45, 7) is 4.25. The highest BCUT2D eigenvalue weighted by atomic mass is 32.2. The first-order chi connectivity index (χ1) is 6.53. The first-order valence-electron chi connectivity index (χ1n) is 5.22. The molecule has 1 fully saturated rings. The number of rotatable bonds is 4. The van der Waals surface area contributed by atoms with Gasteiger partial charge in [-0.1, -0.05) is 13.3 Å². The van der Waals surface area contributed by atoms with E-state index in [9.17, 15) is 8.42 Å². The van der Waals surface area contributed by atoms with Crippen molar-refractivity contribution in [3.8, 4) is 0 Å². The van der Waals surface area contributed by atoms with Gasteiger partial charge in [-0.2, -0.15) is 0 Å². The molecule has 0 radical (unpaired) electrons. The average molecular weight is 220 g/mol. The molecule has 0 aromatic heterocycles. The lowest BCUT2D eigenvalue weighted by Gasteiger charge is -2.28. The van der Waals surface area contributed by atoms with Gasteiger partial charge in [0.2, 0.25) is 0 Å². The molecule has 4 nitrogen and oxygen atoms in total. The highest BCUT2D eigenvalue weighted by Crippen LogP contribution is 2.05. The van der Waals surface area contributed by atoms with Crippen molar-refractivity contribution in [2.24, 2.45) is 5.73 Å². The SMILES string of the molecule is CCCC(N)CN1CCS(=O)(=O)CC1. The fourth-order valence-corrected chi connectivity index (χ4v) is 3.00. The zero-order chi connectivity index (χ0) is 10.6. The van der Waals surface area contributed by atoms with Crippen LogP contribution in [-0.4, -0.2) is 50.5 Å². The summed E-state index contributed by atoms with van der Waals surface area (Å²) in [4.78, 5) is 2.15. The molecular weight excluding hydrogens is 200 g/mol. The van der Waals surface area contributed by atoms with E-state index in [-0.39, 0.29) is 6.04 Å². The van der Waals surface area contributed by atoms with Crippen molar-refractivity contribution in [1.82, 2.24) is 4.90 Å². The van der Waals surface area contributed by atoms with Crippen LogP contribution in [0, 0.1) is 0 Å². The Hall–Kier alpha value is -0.130. The third kappa shape index (κ3) is 3.94. The molecule has 1 heterocycles. The van der Waals surface area contributed by atoms with Crippen LogP contribution in [0.2, 0.25) is 0 Å². The van der Waals surface area contributed by atoms with Gasteiger partial charge >= 0.3 is 0 Å². The van der Waals surface area contributed by atoms with Crippen molar-refractivity contribution in [1.29, 1.82) is 0 Å². The second kappa shape index (κ2) is 5.09. The quantitative estimate of drug-likeness (QED) is 0.715. The number of nitrogens with zero attached hydrogens (tertiary/aromatic N) is 1. The molecule has 1 aliphatic heterocycles. The minimum atomic E-state index is -2.75. The highest BCUT2D eigenvalue weighted by Gasteiger charge is 2.22. The van der Waals surface area contributed by atoms with Crippen LogP contribution in [0.1, 0.15) is 19.8 Å². The van der Waals surface area contributed by atoms with Crippen molar-refractivity contribution < 1.29 is 8.42 Å². The third-order valence-corrected chi connectivity index (χ3v) is 4.20. The van der Waals surface area contributed by atoms with Crippen LogP contribution >= 0.6 is 0 Å². The van der Waals surface area contributed by atoms with Crippen LogP contribution in [0.4, 0.5) is 0 Å². The summed E-state index contributed by atoms with van der Waals surface area (Å²) in [5.41, 5.74) is 5.89. The molecule has 1 saturated heterocycles. The zero-order valence-electron chi connectivity index (χ0n) is 8.78. The Morgan fingerprint density at radius 3 is 2.43 bits per heavy atom. The highest BCUT2D eigenvalue weighted by molar-refractivity contribution is 7.91. The van der Waals surface area contributed by atoms with E-state index >= 15 is 0 Å². The topological polar surface area (TPSA) is 63.4 Å². The van der Waals surface area contributed by atoms with Gasteiger partial charge in [-0.05, 0) is 6.42 Å². The lowest BCUT2D eigenvalue weighted by molar-refractivity contribution is 0.271. The Bertz CT molecular complexity index is 250. The molecule has 0 amide bonds. The lowest BCUT2D eigenvalue weighted by atomic mass is 10.2. The predicted molar refractivity (Wildman–Crippen MR) is 58.0 cm³/mol. The van der Waals surface area contributed by atoms with Crippen molar-refractivity contribution in [2.45, 2.75) is 25.8 Å². The molecule has 1 aliphatic rings. The van der Waals surface area contributed by atoms with Crippen LogP contribution < -0.4 is 5.73 Å². The smallest absolute Gasteiger partial charge is 0.152 e. The van der Waals surface area contributed by atoms with Gasteiger partial charge < -0.3 is 5.73 Å². The summed E-state index contributed by atoms with van der Waals surface area (Å²) >= 11 is 0. The molecule has 0 bridgehead atoms. The summed E-state index contributed by atoms with van der Waals surface area (Å²) < 4.78 is 22.3. The van der Waals surface area contributed by atoms with Crippen molar-refractivity contribution in [3.63, 3.8) is 0 Å². The molecule has 0 aromatic carbocycles. The number of hydrogen-bond donors (Lipinski definition) is 1. The van der Waals surface area contributed by atoms with Crippen molar-refractivity contribution in [2.75, 3.05) is 31.1 Å². The Labute approximate surface area is 86.4 Å². The first-order valence-corrected chi connectivity index (χ1v) is 7.04. The standard InChI is InChI=1S/C9H20N2O2S/c1-2-3-9(10)8-11-4-6-14(12,13)7-5-11/h9H,2-8,10H2,1H3. The second-order valence-corrected chi connectivity index (χ2v) is 6.30. The Balaban J connectivity index is 2.29. The summed E-state index contributed by atoms with van der Waals surface area (Å²) in [5, 5.41) is 0. The molecule has 0 aliphatic carbocycles. The summed E-state index contributed by atoms with van der Waals surface area (Å²) in [6.07, 6.45) is 2.11.